The number of rotatable bonds is 49. The van der Waals surface area contributed by atoms with Gasteiger partial charge in [-0.15, -0.1) is 5.06 Å². The van der Waals surface area contributed by atoms with Gasteiger partial charge in [0.2, 0.25) is 5.91 Å². The Kier molecular flexibility index (Phi) is 41.5. The molecule has 18 nitrogen and oxygen atoms in total. The predicted molar refractivity (Wildman–Crippen MR) is 270 cm³/mol. The number of hydroxylamine groups is 2. The van der Waals surface area contributed by atoms with Crippen molar-refractivity contribution in [3.05, 3.63) is 0 Å². The van der Waals surface area contributed by atoms with Crippen molar-refractivity contribution in [1.82, 2.24) is 15.7 Å². The van der Waals surface area contributed by atoms with Gasteiger partial charge in [-0.3, -0.25) is 33.0 Å². The molecule has 0 aromatic rings. The summed E-state index contributed by atoms with van der Waals surface area (Å²) in [6, 6.07) is 0. The largest absolute Gasteiger partial charge is 0.472 e. The van der Waals surface area contributed by atoms with E-state index >= 15 is 0 Å². The number of ether oxygens (including phenoxy) is 3. The number of phosphoric ester groups is 1. The number of phosphoric acid groups is 1. The highest BCUT2D eigenvalue weighted by Gasteiger charge is 2.33. The topological polar surface area (TPSA) is 239 Å². The number of nitrogens with one attached hydrogen (secondary N) is 2. The van der Waals surface area contributed by atoms with Gasteiger partial charge in [0.15, 0.2) is 6.10 Å². The van der Waals surface area contributed by atoms with E-state index in [4.69, 9.17) is 28.1 Å². The first-order chi connectivity index (χ1) is 34.4. The minimum atomic E-state index is -4.70. The molecule has 3 N–H and O–H groups in total. The van der Waals surface area contributed by atoms with Crippen LogP contribution in [0.15, 0.2) is 0 Å². The molecule has 4 amide bonds. The first kappa shape index (κ1) is 65.4. The number of nitrogens with zero attached hydrogens (tertiary/aromatic N) is 1. The zero-order valence-corrected chi connectivity index (χ0v) is 44.7. The quantitative estimate of drug-likeness (QED) is 0.0169. The molecule has 19 heteroatoms. The van der Waals surface area contributed by atoms with Crippen LogP contribution >= 0.6 is 7.82 Å². The van der Waals surface area contributed by atoms with Crippen LogP contribution in [0.1, 0.15) is 245 Å². The SMILES string of the molecule is CCCCCCCCCCCCCCCCCC(=O)OCC(COP(=O)(O)OCCNC(=O)OCCNC(=O)CCC(=O)ON1C(=O)CCC1=O)OC(=O)CCCCCCCCCCCCCCCCC. The van der Waals surface area contributed by atoms with Crippen LogP contribution in [0.5, 0.6) is 0 Å². The molecule has 1 fully saturated rings. The summed E-state index contributed by atoms with van der Waals surface area (Å²) in [6.07, 6.45) is 33.5. The fraction of sp³-hybridized carbons (Fsp3) is 0.865. The van der Waals surface area contributed by atoms with Crippen LogP contribution < -0.4 is 10.6 Å². The predicted octanol–water partition coefficient (Wildman–Crippen LogP) is 11.3. The van der Waals surface area contributed by atoms with Gasteiger partial charge in [0, 0.05) is 38.6 Å². The second kappa shape index (κ2) is 45.0. The lowest BCUT2D eigenvalue weighted by Gasteiger charge is -2.20. The van der Waals surface area contributed by atoms with Crippen molar-refractivity contribution in [2.24, 2.45) is 0 Å². The van der Waals surface area contributed by atoms with E-state index in [1.165, 1.54) is 141 Å². The summed E-state index contributed by atoms with van der Waals surface area (Å²) in [5, 5.41) is 5.14. The smallest absolute Gasteiger partial charge is 0.462 e. The molecule has 2 atom stereocenters. The highest BCUT2D eigenvalue weighted by atomic mass is 31.2. The number of carbonyl (C=O) groups excluding carboxylic acids is 7. The Morgan fingerprint density at radius 3 is 1.39 bits per heavy atom. The summed E-state index contributed by atoms with van der Waals surface area (Å²) in [4.78, 5) is 99.4. The lowest BCUT2D eigenvalue weighted by atomic mass is 10.0. The Morgan fingerprint density at radius 1 is 0.507 bits per heavy atom. The fourth-order valence-electron chi connectivity index (χ4n) is 7.92. The van der Waals surface area contributed by atoms with E-state index in [1.807, 2.05) is 0 Å². The average molecular weight is 1030 g/mol. The number of amides is 4. The molecule has 0 bridgehead atoms. The van der Waals surface area contributed by atoms with Gasteiger partial charge in [-0.2, -0.15) is 0 Å². The molecule has 0 aliphatic carbocycles. The molecular weight excluding hydrogens is 938 g/mol. The van der Waals surface area contributed by atoms with Crippen LogP contribution in [0, 0.1) is 0 Å². The van der Waals surface area contributed by atoms with Crippen LogP contribution in [0.3, 0.4) is 0 Å². The Bertz CT molecular complexity index is 1490. The van der Waals surface area contributed by atoms with Gasteiger partial charge >= 0.3 is 31.8 Å². The maximum atomic E-state index is 12.8. The van der Waals surface area contributed by atoms with Crippen molar-refractivity contribution >= 4 is 49.5 Å². The molecule has 1 rings (SSSR count). The molecular formula is C52H94N3O15P. The first-order valence-electron chi connectivity index (χ1n) is 27.6. The van der Waals surface area contributed by atoms with Crippen LogP contribution in [0.2, 0.25) is 0 Å². The van der Waals surface area contributed by atoms with E-state index in [1.54, 1.807) is 0 Å². The molecule has 0 aromatic heterocycles. The summed E-state index contributed by atoms with van der Waals surface area (Å²) in [5.41, 5.74) is 0. The third-order valence-electron chi connectivity index (χ3n) is 12.2. The zero-order chi connectivity index (χ0) is 52.1. The minimum Gasteiger partial charge on any atom is -0.462 e. The number of unbranched alkanes of at least 4 members (excludes halogenated alkanes) is 28. The van der Waals surface area contributed by atoms with Gasteiger partial charge in [-0.25, -0.2) is 14.2 Å². The third kappa shape index (κ3) is 40.6. The molecule has 0 saturated carbocycles. The van der Waals surface area contributed by atoms with Crippen molar-refractivity contribution in [3.8, 4) is 0 Å². The number of esters is 2. The van der Waals surface area contributed by atoms with Crippen molar-refractivity contribution in [2.75, 3.05) is 39.5 Å². The van der Waals surface area contributed by atoms with E-state index in [0.29, 0.717) is 17.9 Å². The summed E-state index contributed by atoms with van der Waals surface area (Å²) < 4.78 is 38.6. The van der Waals surface area contributed by atoms with Crippen LogP contribution in [-0.4, -0.2) is 97.3 Å². The number of imide groups is 1. The average Bonchev–Trinajstić information content (AvgIpc) is 3.66. The molecule has 1 aliphatic heterocycles. The Hall–Kier alpha value is -3.60. The number of carbonyl (C=O) groups is 7. The summed E-state index contributed by atoms with van der Waals surface area (Å²) in [7, 11) is -4.70. The normalized spacial score (nSPS) is 13.7. The zero-order valence-electron chi connectivity index (χ0n) is 43.8. The minimum absolute atomic E-state index is 0.0511. The Balaban J connectivity index is 2.37. The first-order valence-corrected chi connectivity index (χ1v) is 29.1. The molecule has 1 saturated heterocycles. The van der Waals surface area contributed by atoms with E-state index in [2.05, 4.69) is 24.5 Å². The summed E-state index contributed by atoms with van der Waals surface area (Å²) in [5.74, 6) is -3.74. The van der Waals surface area contributed by atoms with Gasteiger partial charge in [-0.1, -0.05) is 194 Å². The standard InChI is InChI=1S/C52H94N3O15P/c1-3-5-7-9-11-13-15-17-19-21-23-25-27-29-31-33-49(59)66-43-45(69-50(60)34-32-30-28-26-24-22-20-18-16-14-12-10-8-6-4-2)44-68-71(63,64)67-42-40-54-52(62)65-41-39-53-46(56)35-38-51(61)70-55-47(57)36-37-48(55)58/h45H,3-44H2,1-2H3,(H,53,56)(H,54,62)(H,63,64). The maximum Gasteiger partial charge on any atom is 0.472 e. The molecule has 0 aromatic carbocycles. The highest BCUT2D eigenvalue weighted by Crippen LogP contribution is 2.43. The Morgan fingerprint density at radius 2 is 0.930 bits per heavy atom. The van der Waals surface area contributed by atoms with Crippen molar-refractivity contribution in [3.63, 3.8) is 0 Å². The molecule has 412 valence electrons. The molecule has 71 heavy (non-hydrogen) atoms. The van der Waals surface area contributed by atoms with Crippen LogP contribution in [0.4, 0.5) is 4.79 Å². The summed E-state index contributed by atoms with van der Waals surface area (Å²) >= 11 is 0. The van der Waals surface area contributed by atoms with E-state index in [9.17, 15) is 43.0 Å². The Labute approximate surface area is 425 Å². The third-order valence-corrected chi connectivity index (χ3v) is 13.1. The number of hydrogen-bond acceptors (Lipinski definition) is 14. The van der Waals surface area contributed by atoms with Crippen LogP contribution in [-0.2, 0) is 61.4 Å². The lowest BCUT2D eigenvalue weighted by molar-refractivity contribution is -0.197. The van der Waals surface area contributed by atoms with Gasteiger partial charge in [0.1, 0.15) is 13.2 Å². The number of hydrogen-bond donors (Lipinski definition) is 3. The number of alkyl carbamates (subject to hydrolysis) is 1. The molecule has 0 spiro atoms. The second-order valence-electron chi connectivity index (χ2n) is 18.7. The second-order valence-corrected chi connectivity index (χ2v) is 20.2. The van der Waals surface area contributed by atoms with Crippen molar-refractivity contribution in [1.29, 1.82) is 0 Å². The lowest BCUT2D eigenvalue weighted by Crippen LogP contribution is -2.34. The van der Waals surface area contributed by atoms with Gasteiger partial charge < -0.3 is 34.6 Å². The molecule has 2 unspecified atom stereocenters. The fourth-order valence-corrected chi connectivity index (χ4v) is 8.67. The monoisotopic (exact) mass is 1030 g/mol. The summed E-state index contributed by atoms with van der Waals surface area (Å²) in [6.45, 7) is 2.50. The van der Waals surface area contributed by atoms with Gasteiger partial charge in [0.25, 0.3) is 11.8 Å². The molecule has 0 radical (unpaired) electrons. The van der Waals surface area contributed by atoms with Crippen LogP contribution in [0.25, 0.3) is 0 Å². The highest BCUT2D eigenvalue weighted by molar-refractivity contribution is 7.47. The van der Waals surface area contributed by atoms with Crippen molar-refractivity contribution < 1.29 is 71.1 Å². The van der Waals surface area contributed by atoms with E-state index < -0.39 is 68.9 Å². The molecule has 1 heterocycles. The van der Waals surface area contributed by atoms with Gasteiger partial charge in [-0.05, 0) is 12.8 Å². The van der Waals surface area contributed by atoms with Gasteiger partial charge in [0.05, 0.1) is 26.2 Å². The molecule has 1 aliphatic rings. The van der Waals surface area contributed by atoms with E-state index in [0.717, 1.165) is 38.5 Å². The van der Waals surface area contributed by atoms with Crippen molar-refractivity contribution in [2.45, 2.75) is 251 Å². The maximum absolute atomic E-state index is 12.8. The van der Waals surface area contributed by atoms with E-state index in [-0.39, 0.29) is 64.8 Å².